The van der Waals surface area contributed by atoms with Crippen LogP contribution in [0.1, 0.15) is 37.3 Å². The third-order valence-corrected chi connectivity index (χ3v) is 4.07. The number of methoxy groups -OCH3 is 1. The summed E-state index contributed by atoms with van der Waals surface area (Å²) in [7, 11) is 1.47. The number of hydrogen-bond acceptors (Lipinski definition) is 5. The average Bonchev–Trinajstić information content (AvgIpc) is 3.03. The molecule has 142 valence electrons. The van der Waals surface area contributed by atoms with Gasteiger partial charge in [-0.3, -0.25) is 10.4 Å². The minimum atomic E-state index is -0.893. The fourth-order valence-corrected chi connectivity index (χ4v) is 2.77. The van der Waals surface area contributed by atoms with E-state index >= 15 is 0 Å². The Balaban J connectivity index is 1.80. The molecule has 1 aromatic carbocycles. The second-order valence-electron chi connectivity index (χ2n) is 6.10. The summed E-state index contributed by atoms with van der Waals surface area (Å²) in [5, 5.41) is 22.7. The molecule has 2 aromatic heterocycles. The van der Waals surface area contributed by atoms with Gasteiger partial charge >= 0.3 is 6.03 Å². The molecule has 0 spiro atoms. The van der Waals surface area contributed by atoms with Crippen molar-refractivity contribution in [3.8, 4) is 5.88 Å². The summed E-state index contributed by atoms with van der Waals surface area (Å²) in [4.78, 5) is 16.6. The number of aromatic nitrogens is 3. The molecule has 9 heteroatoms. The smallest absolute Gasteiger partial charge is 0.320 e. The molecule has 0 unspecified atom stereocenters. The number of hydrogen-bond donors (Lipinski definition) is 4. The molecule has 3 rings (SSSR count). The van der Waals surface area contributed by atoms with Gasteiger partial charge in [0, 0.05) is 6.07 Å². The van der Waals surface area contributed by atoms with Gasteiger partial charge in [0.2, 0.25) is 5.88 Å². The predicted molar refractivity (Wildman–Crippen MR) is 98.0 cm³/mol. The van der Waals surface area contributed by atoms with Gasteiger partial charge in [0.1, 0.15) is 11.6 Å². The molecule has 4 N–H and O–H groups in total. The number of halogens is 1. The van der Waals surface area contributed by atoms with Gasteiger partial charge in [-0.25, -0.2) is 14.2 Å². The van der Waals surface area contributed by atoms with Crippen LogP contribution in [0, 0.1) is 5.82 Å². The summed E-state index contributed by atoms with van der Waals surface area (Å²) in [5.41, 5.74) is 1.52. The molecule has 2 heterocycles. The van der Waals surface area contributed by atoms with E-state index in [1.165, 1.54) is 19.2 Å². The summed E-state index contributed by atoms with van der Waals surface area (Å²) in [6.07, 6.45) is -0.893. The van der Waals surface area contributed by atoms with Crippen molar-refractivity contribution in [1.29, 1.82) is 0 Å². The first-order valence-electron chi connectivity index (χ1n) is 8.33. The molecular formula is C18H20FN5O3. The lowest BCUT2D eigenvalue weighted by molar-refractivity contribution is 0.196. The average molecular weight is 373 g/mol. The Morgan fingerprint density at radius 3 is 2.78 bits per heavy atom. The van der Waals surface area contributed by atoms with E-state index in [4.69, 9.17) is 4.74 Å². The van der Waals surface area contributed by atoms with E-state index in [1.807, 2.05) is 0 Å². The number of H-pyrrole nitrogens is 1. The molecule has 0 saturated carbocycles. The van der Waals surface area contributed by atoms with E-state index < -0.39 is 18.2 Å². The van der Waals surface area contributed by atoms with Crippen molar-refractivity contribution in [3.05, 3.63) is 47.4 Å². The van der Waals surface area contributed by atoms with Crippen molar-refractivity contribution in [3.63, 3.8) is 0 Å². The van der Waals surface area contributed by atoms with E-state index in [9.17, 15) is 14.3 Å². The van der Waals surface area contributed by atoms with Crippen molar-refractivity contribution in [2.75, 3.05) is 12.4 Å². The van der Waals surface area contributed by atoms with Crippen molar-refractivity contribution in [2.45, 2.75) is 26.0 Å². The van der Waals surface area contributed by atoms with Crippen LogP contribution in [-0.4, -0.2) is 33.4 Å². The minimum absolute atomic E-state index is 0.230. The lowest BCUT2D eigenvalue weighted by atomic mass is 10.1. The fourth-order valence-electron chi connectivity index (χ4n) is 2.77. The largest absolute Gasteiger partial charge is 0.479 e. The molecule has 0 aliphatic heterocycles. The lowest BCUT2D eigenvalue weighted by Gasteiger charge is -2.15. The van der Waals surface area contributed by atoms with Crippen molar-refractivity contribution < 1.29 is 19.0 Å². The third-order valence-electron chi connectivity index (χ3n) is 4.07. The predicted octanol–water partition coefficient (Wildman–Crippen LogP) is 3.04. The summed E-state index contributed by atoms with van der Waals surface area (Å²) in [5.74, 6) is 0.168. The zero-order valence-corrected chi connectivity index (χ0v) is 15.1. The number of rotatable bonds is 5. The lowest BCUT2D eigenvalue weighted by Crippen LogP contribution is -2.31. The Bertz CT molecular complexity index is 973. The van der Waals surface area contributed by atoms with Crippen LogP contribution in [0.15, 0.2) is 30.3 Å². The zero-order chi connectivity index (χ0) is 19.6. The van der Waals surface area contributed by atoms with Crippen LogP contribution in [0.2, 0.25) is 0 Å². The van der Waals surface area contributed by atoms with Crippen LogP contribution >= 0.6 is 0 Å². The van der Waals surface area contributed by atoms with Crippen LogP contribution in [0.4, 0.5) is 15.0 Å². The highest BCUT2D eigenvalue weighted by molar-refractivity contribution is 5.93. The molecular weight excluding hydrogens is 353 g/mol. The standard InChI is InChI=1S/C18H20FN5O3/c1-9(11-5-4-6-12(19)7-11)20-18(26)22-14-8-13-15(16(21-14)10(2)25)17(27-3)24-23-13/h4-10,25H,1-3H3,(H,23,24)(H2,20,21,22,26)/t9-,10+/m1/s1. The van der Waals surface area contributed by atoms with E-state index in [-0.39, 0.29) is 11.6 Å². The topological polar surface area (TPSA) is 112 Å². The van der Waals surface area contributed by atoms with E-state index in [0.29, 0.717) is 28.0 Å². The SMILES string of the molecule is COc1n[nH]c2cc(NC(=O)N[C@H](C)c3cccc(F)c3)nc([C@H](C)O)c12. The number of aromatic amines is 1. The number of ether oxygens (including phenoxy) is 1. The third kappa shape index (κ3) is 3.98. The maximum Gasteiger partial charge on any atom is 0.320 e. The summed E-state index contributed by atoms with van der Waals surface area (Å²) in [6, 6.07) is 6.67. The highest BCUT2D eigenvalue weighted by atomic mass is 19.1. The summed E-state index contributed by atoms with van der Waals surface area (Å²) < 4.78 is 18.5. The van der Waals surface area contributed by atoms with Crippen molar-refractivity contribution >= 4 is 22.8 Å². The molecule has 2 atom stereocenters. The number of nitrogens with one attached hydrogen (secondary N) is 3. The molecule has 0 aliphatic carbocycles. The molecule has 0 fully saturated rings. The van der Waals surface area contributed by atoms with E-state index in [0.717, 1.165) is 0 Å². The number of fused-ring (bicyclic) bond motifs is 1. The second-order valence-corrected chi connectivity index (χ2v) is 6.10. The first kappa shape index (κ1) is 18.6. The number of aliphatic hydroxyl groups excluding tert-OH is 1. The molecule has 27 heavy (non-hydrogen) atoms. The number of aliphatic hydroxyl groups is 1. The Hall–Kier alpha value is -3.20. The van der Waals surface area contributed by atoms with Gasteiger partial charge < -0.3 is 15.2 Å². The van der Waals surface area contributed by atoms with Gasteiger partial charge in [-0.15, -0.1) is 5.10 Å². The Morgan fingerprint density at radius 2 is 2.11 bits per heavy atom. The van der Waals surface area contributed by atoms with Crippen molar-refractivity contribution in [2.24, 2.45) is 0 Å². The first-order valence-corrected chi connectivity index (χ1v) is 8.33. The maximum absolute atomic E-state index is 13.3. The number of pyridine rings is 1. The first-order chi connectivity index (χ1) is 12.9. The Kier molecular flexibility index (Phi) is 5.22. The molecule has 8 nitrogen and oxygen atoms in total. The second kappa shape index (κ2) is 7.58. The van der Waals surface area contributed by atoms with Crippen LogP contribution < -0.4 is 15.4 Å². The highest BCUT2D eigenvalue weighted by Crippen LogP contribution is 2.30. The molecule has 2 amide bonds. The molecule has 0 aliphatic rings. The number of nitrogens with zero attached hydrogens (tertiary/aromatic N) is 2. The summed E-state index contributed by atoms with van der Waals surface area (Å²) >= 11 is 0. The highest BCUT2D eigenvalue weighted by Gasteiger charge is 2.19. The van der Waals surface area contributed by atoms with Gasteiger partial charge in [-0.1, -0.05) is 12.1 Å². The van der Waals surface area contributed by atoms with Gasteiger partial charge in [0.15, 0.2) is 0 Å². The Labute approximate surface area is 154 Å². The van der Waals surface area contributed by atoms with Crippen LogP contribution in [-0.2, 0) is 0 Å². The zero-order valence-electron chi connectivity index (χ0n) is 15.1. The van der Waals surface area contributed by atoms with Gasteiger partial charge in [-0.2, -0.15) is 0 Å². The minimum Gasteiger partial charge on any atom is -0.479 e. The van der Waals surface area contributed by atoms with E-state index in [1.54, 1.807) is 32.0 Å². The Morgan fingerprint density at radius 1 is 1.33 bits per heavy atom. The molecule has 0 saturated heterocycles. The van der Waals surface area contributed by atoms with E-state index in [2.05, 4.69) is 25.8 Å². The summed E-state index contributed by atoms with van der Waals surface area (Å²) in [6.45, 7) is 3.30. The molecule has 3 aromatic rings. The maximum atomic E-state index is 13.3. The fraction of sp³-hybridized carbons (Fsp3) is 0.278. The number of carbonyl (C=O) groups excluding carboxylic acids is 1. The number of urea groups is 1. The van der Waals surface area contributed by atoms with Gasteiger partial charge in [0.05, 0.1) is 35.9 Å². The number of anilines is 1. The number of amides is 2. The van der Waals surface area contributed by atoms with Crippen LogP contribution in [0.25, 0.3) is 10.9 Å². The van der Waals surface area contributed by atoms with Crippen LogP contribution in [0.3, 0.4) is 0 Å². The monoisotopic (exact) mass is 373 g/mol. The van der Waals surface area contributed by atoms with Gasteiger partial charge in [0.25, 0.3) is 0 Å². The molecule has 0 radical (unpaired) electrons. The van der Waals surface area contributed by atoms with Crippen LogP contribution in [0.5, 0.6) is 5.88 Å². The molecule has 0 bridgehead atoms. The number of benzene rings is 1. The quantitative estimate of drug-likeness (QED) is 0.549. The normalized spacial score (nSPS) is 13.2. The van der Waals surface area contributed by atoms with Crippen molar-refractivity contribution in [1.82, 2.24) is 20.5 Å². The number of carbonyl (C=O) groups is 1. The van der Waals surface area contributed by atoms with Gasteiger partial charge in [-0.05, 0) is 31.5 Å².